The lowest BCUT2D eigenvalue weighted by atomic mass is 10.2. The number of hydrogen-bond donors (Lipinski definition) is 1. The fourth-order valence-corrected chi connectivity index (χ4v) is 3.20. The maximum absolute atomic E-state index is 13.2. The molecule has 0 unspecified atom stereocenters. The standard InChI is InChI=1S/C17H20FNO4S/c1-12-4-7-16(17(10-12)22-3)23-9-8-19-24(20,21)14-5-6-15(18)13(2)11-14/h4-7,10-11,19H,8-9H2,1-3H3. The van der Waals surface area contributed by atoms with E-state index in [2.05, 4.69) is 4.72 Å². The molecular formula is C17H20FNO4S. The van der Waals surface area contributed by atoms with Crippen molar-refractivity contribution in [3.8, 4) is 11.5 Å². The summed E-state index contributed by atoms with van der Waals surface area (Å²) in [5.74, 6) is 0.690. The van der Waals surface area contributed by atoms with E-state index in [1.165, 1.54) is 19.1 Å². The van der Waals surface area contributed by atoms with Crippen molar-refractivity contribution < 1.29 is 22.3 Å². The van der Waals surface area contributed by atoms with E-state index in [-0.39, 0.29) is 23.6 Å². The molecule has 0 saturated heterocycles. The van der Waals surface area contributed by atoms with Gasteiger partial charge in [0.15, 0.2) is 11.5 Å². The van der Waals surface area contributed by atoms with Crippen LogP contribution in [0.3, 0.4) is 0 Å². The zero-order valence-corrected chi connectivity index (χ0v) is 14.6. The molecule has 0 heterocycles. The van der Waals surface area contributed by atoms with E-state index in [0.717, 1.165) is 11.6 Å². The highest BCUT2D eigenvalue weighted by Gasteiger charge is 2.15. The minimum absolute atomic E-state index is 0.0225. The Bertz CT molecular complexity index is 821. The summed E-state index contributed by atoms with van der Waals surface area (Å²) in [4.78, 5) is 0.0225. The van der Waals surface area contributed by atoms with E-state index in [1.807, 2.05) is 19.1 Å². The molecule has 0 bridgehead atoms. The quantitative estimate of drug-likeness (QED) is 0.778. The molecule has 0 saturated carbocycles. The number of nitrogens with one attached hydrogen (secondary N) is 1. The molecule has 0 aromatic heterocycles. The number of methoxy groups -OCH3 is 1. The molecule has 0 fully saturated rings. The Morgan fingerprint density at radius 2 is 1.83 bits per heavy atom. The van der Waals surface area contributed by atoms with Gasteiger partial charge >= 0.3 is 0 Å². The summed E-state index contributed by atoms with van der Waals surface area (Å²) >= 11 is 0. The number of rotatable bonds is 7. The maximum Gasteiger partial charge on any atom is 0.240 e. The van der Waals surface area contributed by atoms with Crippen LogP contribution in [0.1, 0.15) is 11.1 Å². The average molecular weight is 353 g/mol. The van der Waals surface area contributed by atoms with Crippen LogP contribution in [0.4, 0.5) is 4.39 Å². The minimum Gasteiger partial charge on any atom is -0.493 e. The van der Waals surface area contributed by atoms with Gasteiger partial charge in [-0.1, -0.05) is 6.07 Å². The van der Waals surface area contributed by atoms with Crippen molar-refractivity contribution in [1.29, 1.82) is 0 Å². The van der Waals surface area contributed by atoms with Crippen molar-refractivity contribution in [2.45, 2.75) is 18.7 Å². The molecule has 0 spiro atoms. The minimum atomic E-state index is -3.70. The molecule has 5 nitrogen and oxygen atoms in total. The summed E-state index contributed by atoms with van der Waals surface area (Å²) in [5.41, 5.74) is 1.31. The van der Waals surface area contributed by atoms with Crippen LogP contribution in [0, 0.1) is 19.7 Å². The molecule has 0 aliphatic carbocycles. The molecule has 0 aliphatic heterocycles. The highest BCUT2D eigenvalue weighted by Crippen LogP contribution is 2.27. The summed E-state index contributed by atoms with van der Waals surface area (Å²) in [7, 11) is -2.16. The first-order chi connectivity index (χ1) is 11.3. The summed E-state index contributed by atoms with van der Waals surface area (Å²) < 4.78 is 50.7. The van der Waals surface area contributed by atoms with Crippen LogP contribution in [0.2, 0.25) is 0 Å². The predicted octanol–water partition coefficient (Wildman–Crippen LogP) is 2.81. The number of hydrogen-bond acceptors (Lipinski definition) is 4. The second-order valence-electron chi connectivity index (χ2n) is 5.31. The molecule has 0 atom stereocenters. The van der Waals surface area contributed by atoms with Crippen LogP contribution < -0.4 is 14.2 Å². The molecule has 1 N–H and O–H groups in total. The molecule has 130 valence electrons. The molecule has 2 rings (SSSR count). The van der Waals surface area contributed by atoms with E-state index in [1.54, 1.807) is 13.2 Å². The van der Waals surface area contributed by atoms with Crippen molar-refractivity contribution in [2.75, 3.05) is 20.3 Å². The Balaban J connectivity index is 1.95. The van der Waals surface area contributed by atoms with E-state index in [4.69, 9.17) is 9.47 Å². The van der Waals surface area contributed by atoms with E-state index in [0.29, 0.717) is 11.5 Å². The van der Waals surface area contributed by atoms with E-state index in [9.17, 15) is 12.8 Å². The largest absolute Gasteiger partial charge is 0.493 e. The van der Waals surface area contributed by atoms with Crippen molar-refractivity contribution in [3.63, 3.8) is 0 Å². The van der Waals surface area contributed by atoms with Gasteiger partial charge in [0.05, 0.1) is 12.0 Å². The molecule has 2 aromatic carbocycles. The molecule has 0 radical (unpaired) electrons. The zero-order valence-electron chi connectivity index (χ0n) is 13.8. The van der Waals surface area contributed by atoms with Crippen molar-refractivity contribution in [2.24, 2.45) is 0 Å². The third kappa shape index (κ3) is 4.46. The highest BCUT2D eigenvalue weighted by atomic mass is 32.2. The van der Waals surface area contributed by atoms with Crippen LogP contribution >= 0.6 is 0 Å². The van der Waals surface area contributed by atoms with Gasteiger partial charge in [0.1, 0.15) is 12.4 Å². The fourth-order valence-electron chi connectivity index (χ4n) is 2.10. The first-order valence-corrected chi connectivity index (χ1v) is 8.85. The predicted molar refractivity (Wildman–Crippen MR) is 89.6 cm³/mol. The van der Waals surface area contributed by atoms with Gasteiger partial charge in [0.2, 0.25) is 10.0 Å². The van der Waals surface area contributed by atoms with Crippen molar-refractivity contribution in [1.82, 2.24) is 4.72 Å². The molecule has 0 aliphatic rings. The SMILES string of the molecule is COc1cc(C)ccc1OCCNS(=O)(=O)c1ccc(F)c(C)c1. The molecule has 24 heavy (non-hydrogen) atoms. The lowest BCUT2D eigenvalue weighted by Gasteiger charge is -2.12. The van der Waals surface area contributed by atoms with Gasteiger partial charge in [-0.3, -0.25) is 0 Å². The highest BCUT2D eigenvalue weighted by molar-refractivity contribution is 7.89. The molecule has 0 amide bonds. The zero-order chi connectivity index (χ0) is 17.7. The van der Waals surface area contributed by atoms with Crippen LogP contribution in [0.25, 0.3) is 0 Å². The Morgan fingerprint density at radius 1 is 1.08 bits per heavy atom. The smallest absolute Gasteiger partial charge is 0.240 e. The van der Waals surface area contributed by atoms with Crippen LogP contribution in [-0.4, -0.2) is 28.7 Å². The summed E-state index contributed by atoms with van der Waals surface area (Å²) in [6.45, 7) is 3.67. The first kappa shape index (κ1) is 18.2. The van der Waals surface area contributed by atoms with Crippen LogP contribution in [0.5, 0.6) is 11.5 Å². The topological polar surface area (TPSA) is 64.6 Å². The lowest BCUT2D eigenvalue weighted by Crippen LogP contribution is -2.28. The van der Waals surface area contributed by atoms with Gasteiger partial charge in [-0.25, -0.2) is 17.5 Å². The van der Waals surface area contributed by atoms with Crippen LogP contribution in [0.15, 0.2) is 41.3 Å². The number of aryl methyl sites for hydroxylation is 2. The third-order valence-corrected chi connectivity index (χ3v) is 4.87. The van der Waals surface area contributed by atoms with Gasteiger partial charge in [0, 0.05) is 6.54 Å². The second kappa shape index (κ2) is 7.63. The van der Waals surface area contributed by atoms with Gasteiger partial charge in [0.25, 0.3) is 0 Å². The Labute approximate surface area is 141 Å². The molecule has 7 heteroatoms. The summed E-state index contributed by atoms with van der Waals surface area (Å²) in [5, 5.41) is 0. The van der Waals surface area contributed by atoms with E-state index < -0.39 is 15.8 Å². The van der Waals surface area contributed by atoms with Gasteiger partial charge < -0.3 is 9.47 Å². The van der Waals surface area contributed by atoms with Gasteiger partial charge in [-0.2, -0.15) is 0 Å². The Kier molecular flexibility index (Phi) is 5.80. The number of benzene rings is 2. The van der Waals surface area contributed by atoms with Gasteiger partial charge in [-0.05, 0) is 55.3 Å². The van der Waals surface area contributed by atoms with Crippen LogP contribution in [-0.2, 0) is 10.0 Å². The number of halogens is 1. The van der Waals surface area contributed by atoms with Crippen molar-refractivity contribution in [3.05, 3.63) is 53.3 Å². The number of sulfonamides is 1. The van der Waals surface area contributed by atoms with Gasteiger partial charge in [-0.15, -0.1) is 0 Å². The average Bonchev–Trinajstić information content (AvgIpc) is 2.55. The maximum atomic E-state index is 13.2. The first-order valence-electron chi connectivity index (χ1n) is 7.37. The summed E-state index contributed by atoms with van der Waals surface area (Å²) in [6.07, 6.45) is 0. The Morgan fingerprint density at radius 3 is 2.50 bits per heavy atom. The Hall–Kier alpha value is -2.12. The fraction of sp³-hybridized carbons (Fsp3) is 0.294. The molecule has 2 aromatic rings. The number of ether oxygens (including phenoxy) is 2. The third-order valence-electron chi connectivity index (χ3n) is 3.41. The summed E-state index contributed by atoms with van der Waals surface area (Å²) in [6, 6.07) is 9.14. The van der Waals surface area contributed by atoms with E-state index >= 15 is 0 Å². The lowest BCUT2D eigenvalue weighted by molar-refractivity contribution is 0.298. The normalized spacial score (nSPS) is 11.3. The monoisotopic (exact) mass is 353 g/mol. The van der Waals surface area contributed by atoms with Crippen molar-refractivity contribution >= 4 is 10.0 Å². The second-order valence-corrected chi connectivity index (χ2v) is 7.08. The molecular weight excluding hydrogens is 333 g/mol.